The molecule has 0 saturated heterocycles. The number of aromatic nitrogens is 1. The summed E-state index contributed by atoms with van der Waals surface area (Å²) < 4.78 is 42.0. The van der Waals surface area contributed by atoms with Crippen LogP contribution < -0.4 is 4.72 Å². The van der Waals surface area contributed by atoms with Crippen molar-refractivity contribution in [2.45, 2.75) is 13.1 Å². The van der Waals surface area contributed by atoms with Crippen molar-refractivity contribution in [3.8, 4) is 11.1 Å². The van der Waals surface area contributed by atoms with Crippen molar-refractivity contribution in [1.29, 1.82) is 0 Å². The standard InChI is InChI=1S/C20H22FN3O3S/c1-13(21)14-5-7-15(8-6-14)18-12-24(4)19-11-16(9-10-17(18)19)20(25)22-28(26,27)23(2)3/h5-13H,1-4H3,(H,22,25). The molecular weight excluding hydrogens is 381 g/mol. The van der Waals surface area contributed by atoms with Crippen LogP contribution in [0.3, 0.4) is 0 Å². The van der Waals surface area contributed by atoms with Crippen LogP contribution in [0, 0.1) is 0 Å². The van der Waals surface area contributed by atoms with E-state index in [1.165, 1.54) is 21.0 Å². The van der Waals surface area contributed by atoms with Gasteiger partial charge in [0.25, 0.3) is 5.91 Å². The van der Waals surface area contributed by atoms with Crippen LogP contribution >= 0.6 is 0 Å². The number of amides is 1. The maximum Gasteiger partial charge on any atom is 0.303 e. The number of nitrogens with one attached hydrogen (secondary N) is 1. The summed E-state index contributed by atoms with van der Waals surface area (Å²) in [5.74, 6) is -0.695. The number of nitrogens with zero attached hydrogens (tertiary/aromatic N) is 2. The van der Waals surface area contributed by atoms with Crippen molar-refractivity contribution in [2.75, 3.05) is 14.1 Å². The van der Waals surface area contributed by atoms with Gasteiger partial charge in [0.05, 0.1) is 0 Å². The second-order valence-electron chi connectivity index (χ2n) is 6.84. The van der Waals surface area contributed by atoms with E-state index in [0.29, 0.717) is 5.56 Å². The lowest BCUT2D eigenvalue weighted by atomic mass is 10.0. The minimum absolute atomic E-state index is 0.243. The van der Waals surface area contributed by atoms with Crippen LogP contribution in [0.15, 0.2) is 48.7 Å². The van der Waals surface area contributed by atoms with Crippen molar-refractivity contribution in [2.24, 2.45) is 7.05 Å². The molecule has 8 heteroatoms. The van der Waals surface area contributed by atoms with E-state index in [1.807, 2.05) is 34.7 Å². The van der Waals surface area contributed by atoms with Gasteiger partial charge < -0.3 is 4.57 Å². The number of fused-ring (bicyclic) bond motifs is 1. The van der Waals surface area contributed by atoms with Crippen LogP contribution in [-0.2, 0) is 17.3 Å². The predicted molar refractivity (Wildman–Crippen MR) is 108 cm³/mol. The van der Waals surface area contributed by atoms with E-state index in [1.54, 1.807) is 30.3 Å². The second kappa shape index (κ2) is 7.37. The quantitative estimate of drug-likeness (QED) is 0.710. The molecular formula is C20H22FN3O3S. The zero-order chi connectivity index (χ0) is 20.6. The number of carbonyl (C=O) groups excluding carboxylic acids is 1. The molecule has 28 heavy (non-hydrogen) atoms. The van der Waals surface area contributed by atoms with Gasteiger partial charge in [-0.3, -0.25) is 4.79 Å². The largest absolute Gasteiger partial charge is 0.350 e. The van der Waals surface area contributed by atoms with Crippen molar-refractivity contribution in [3.63, 3.8) is 0 Å². The molecule has 0 aliphatic heterocycles. The van der Waals surface area contributed by atoms with Gasteiger partial charge in [0.2, 0.25) is 0 Å². The van der Waals surface area contributed by atoms with Gasteiger partial charge in [0.1, 0.15) is 6.17 Å². The predicted octanol–water partition coefficient (Wildman–Crippen LogP) is 3.41. The molecule has 1 aromatic heterocycles. The highest BCUT2D eigenvalue weighted by atomic mass is 32.2. The number of alkyl halides is 1. The Morgan fingerprint density at radius 2 is 1.79 bits per heavy atom. The zero-order valence-corrected chi connectivity index (χ0v) is 16.9. The molecule has 6 nitrogen and oxygen atoms in total. The smallest absolute Gasteiger partial charge is 0.303 e. The Kier molecular flexibility index (Phi) is 5.27. The molecule has 0 aliphatic carbocycles. The highest BCUT2D eigenvalue weighted by molar-refractivity contribution is 7.87. The third-order valence-corrected chi connectivity index (χ3v) is 6.04. The first-order valence-corrected chi connectivity index (χ1v) is 10.1. The normalized spacial score (nSPS) is 13.1. The summed E-state index contributed by atoms with van der Waals surface area (Å²) >= 11 is 0. The number of aryl methyl sites for hydroxylation is 1. The molecule has 1 N–H and O–H groups in total. The van der Waals surface area contributed by atoms with Crippen LogP contribution in [0.1, 0.15) is 29.0 Å². The molecule has 3 aromatic rings. The van der Waals surface area contributed by atoms with Gasteiger partial charge in [0.15, 0.2) is 0 Å². The molecule has 1 amide bonds. The SMILES string of the molecule is CC(F)c1ccc(-c2cn(C)c3cc(C(=O)NS(=O)(=O)N(C)C)ccc23)cc1. The summed E-state index contributed by atoms with van der Waals surface area (Å²) in [5, 5.41) is 0.913. The zero-order valence-electron chi connectivity index (χ0n) is 16.1. The summed E-state index contributed by atoms with van der Waals surface area (Å²) in [4.78, 5) is 12.3. The van der Waals surface area contributed by atoms with Crippen LogP contribution in [0.5, 0.6) is 0 Å². The molecule has 0 bridgehead atoms. The van der Waals surface area contributed by atoms with E-state index in [9.17, 15) is 17.6 Å². The van der Waals surface area contributed by atoms with E-state index in [2.05, 4.69) is 0 Å². The Balaban J connectivity index is 1.99. The Hall–Kier alpha value is -2.71. The fraction of sp³-hybridized carbons (Fsp3) is 0.250. The van der Waals surface area contributed by atoms with E-state index in [-0.39, 0.29) is 5.56 Å². The fourth-order valence-corrected chi connectivity index (χ4v) is 3.49. The molecule has 2 aromatic carbocycles. The van der Waals surface area contributed by atoms with Gasteiger partial charge in [-0.25, -0.2) is 9.11 Å². The molecule has 0 fully saturated rings. The van der Waals surface area contributed by atoms with E-state index >= 15 is 0 Å². The van der Waals surface area contributed by atoms with Crippen molar-refractivity contribution in [3.05, 3.63) is 59.8 Å². The van der Waals surface area contributed by atoms with Gasteiger partial charge in [-0.05, 0) is 30.2 Å². The Morgan fingerprint density at radius 1 is 1.14 bits per heavy atom. The fourth-order valence-electron chi connectivity index (χ4n) is 2.95. The maximum absolute atomic E-state index is 13.4. The van der Waals surface area contributed by atoms with Crippen LogP contribution in [0.25, 0.3) is 22.0 Å². The first kappa shape index (κ1) is 20.0. The van der Waals surface area contributed by atoms with E-state index < -0.39 is 22.3 Å². The third kappa shape index (κ3) is 3.79. The Morgan fingerprint density at radius 3 is 2.36 bits per heavy atom. The van der Waals surface area contributed by atoms with Crippen LogP contribution in [-0.4, -0.2) is 37.3 Å². The molecule has 3 rings (SSSR count). The van der Waals surface area contributed by atoms with Gasteiger partial charge in [-0.15, -0.1) is 0 Å². The number of hydrogen-bond donors (Lipinski definition) is 1. The number of hydrogen-bond acceptors (Lipinski definition) is 3. The first-order chi connectivity index (χ1) is 13.1. The summed E-state index contributed by atoms with van der Waals surface area (Å²) in [5.41, 5.74) is 3.52. The summed E-state index contributed by atoms with van der Waals surface area (Å²) in [7, 11) is 0.677. The monoisotopic (exact) mass is 403 g/mol. The van der Waals surface area contributed by atoms with Gasteiger partial charge in [0, 0.05) is 49.4 Å². The van der Waals surface area contributed by atoms with E-state index in [4.69, 9.17) is 0 Å². The van der Waals surface area contributed by atoms with Crippen molar-refractivity contribution in [1.82, 2.24) is 13.6 Å². The molecule has 0 radical (unpaired) electrons. The number of benzene rings is 2. The number of halogens is 1. The molecule has 1 heterocycles. The Bertz CT molecular complexity index is 1130. The highest BCUT2D eigenvalue weighted by Gasteiger charge is 2.19. The lowest BCUT2D eigenvalue weighted by molar-refractivity contribution is 0.0980. The molecule has 0 spiro atoms. The summed E-state index contributed by atoms with van der Waals surface area (Å²) in [6.07, 6.45) is 0.901. The number of rotatable bonds is 5. The molecule has 148 valence electrons. The first-order valence-electron chi connectivity index (χ1n) is 8.68. The topological polar surface area (TPSA) is 71.4 Å². The van der Waals surface area contributed by atoms with E-state index in [0.717, 1.165) is 26.3 Å². The third-order valence-electron chi connectivity index (χ3n) is 4.64. The average Bonchev–Trinajstić information content (AvgIpc) is 2.97. The molecule has 1 unspecified atom stereocenters. The molecule has 0 saturated carbocycles. The summed E-state index contributed by atoms with van der Waals surface area (Å²) in [6.45, 7) is 1.50. The second-order valence-corrected chi connectivity index (χ2v) is 8.73. The Labute approximate surface area is 163 Å². The lowest BCUT2D eigenvalue weighted by Gasteiger charge is -2.12. The van der Waals surface area contributed by atoms with Gasteiger partial charge in [-0.2, -0.15) is 12.7 Å². The minimum atomic E-state index is -3.86. The highest BCUT2D eigenvalue weighted by Crippen LogP contribution is 2.32. The van der Waals surface area contributed by atoms with Gasteiger partial charge >= 0.3 is 10.2 Å². The number of carbonyl (C=O) groups is 1. The molecule has 1 atom stereocenters. The maximum atomic E-state index is 13.4. The van der Waals surface area contributed by atoms with Crippen LogP contribution in [0.4, 0.5) is 4.39 Å². The van der Waals surface area contributed by atoms with Crippen LogP contribution in [0.2, 0.25) is 0 Å². The average molecular weight is 403 g/mol. The van der Waals surface area contributed by atoms with Crippen molar-refractivity contribution < 1.29 is 17.6 Å². The lowest BCUT2D eigenvalue weighted by Crippen LogP contribution is -2.39. The van der Waals surface area contributed by atoms with Gasteiger partial charge in [-0.1, -0.05) is 30.3 Å². The molecule has 0 aliphatic rings. The van der Waals surface area contributed by atoms with Crippen molar-refractivity contribution >= 4 is 27.0 Å². The minimum Gasteiger partial charge on any atom is -0.350 e. The summed E-state index contributed by atoms with van der Waals surface area (Å²) in [6, 6.07) is 12.3.